The third-order valence-corrected chi connectivity index (χ3v) is 3.68. The highest BCUT2D eigenvalue weighted by Crippen LogP contribution is 2.20. The highest BCUT2D eigenvalue weighted by molar-refractivity contribution is 5.71. The highest BCUT2D eigenvalue weighted by atomic mass is 16.4. The van der Waals surface area contributed by atoms with Crippen molar-refractivity contribution in [1.29, 1.82) is 0 Å². The number of carbonyl (C=O) groups is 1. The van der Waals surface area contributed by atoms with Gasteiger partial charge >= 0.3 is 5.97 Å². The van der Waals surface area contributed by atoms with Crippen LogP contribution >= 0.6 is 0 Å². The van der Waals surface area contributed by atoms with Crippen LogP contribution in [0.2, 0.25) is 0 Å². The van der Waals surface area contributed by atoms with E-state index in [0.29, 0.717) is 5.92 Å². The molecule has 1 N–H and O–H groups in total. The molecule has 0 saturated heterocycles. The fourth-order valence-electron chi connectivity index (χ4n) is 2.24. The van der Waals surface area contributed by atoms with Gasteiger partial charge in [-0.2, -0.15) is 0 Å². The number of aliphatic carboxylic acids is 1. The standard InChI is InChI=1S/C16H24O2/c1-4-12(3)9-10-14-8-6-7-13(5-2)15(14)11-16(17)18/h6-8,12H,4-5,9-11H2,1-3H3,(H,17,18). The van der Waals surface area contributed by atoms with Gasteiger partial charge in [-0.15, -0.1) is 0 Å². The van der Waals surface area contributed by atoms with Gasteiger partial charge in [0.2, 0.25) is 0 Å². The van der Waals surface area contributed by atoms with Gasteiger partial charge in [-0.1, -0.05) is 45.4 Å². The van der Waals surface area contributed by atoms with Gasteiger partial charge in [0.15, 0.2) is 0 Å². The summed E-state index contributed by atoms with van der Waals surface area (Å²) in [4.78, 5) is 11.0. The predicted octanol–water partition coefficient (Wildman–Crippen LogP) is 3.85. The van der Waals surface area contributed by atoms with Crippen molar-refractivity contribution in [2.75, 3.05) is 0 Å². The highest BCUT2D eigenvalue weighted by Gasteiger charge is 2.11. The van der Waals surface area contributed by atoms with Gasteiger partial charge in [0, 0.05) is 0 Å². The Hall–Kier alpha value is -1.31. The number of aryl methyl sites for hydroxylation is 2. The zero-order valence-electron chi connectivity index (χ0n) is 11.7. The molecular formula is C16H24O2. The molecule has 1 aromatic rings. The Morgan fingerprint density at radius 2 is 1.94 bits per heavy atom. The van der Waals surface area contributed by atoms with Crippen LogP contribution in [0.25, 0.3) is 0 Å². The molecule has 2 nitrogen and oxygen atoms in total. The molecule has 0 amide bonds. The molecule has 0 heterocycles. The molecule has 0 aliphatic carbocycles. The Labute approximate surface area is 110 Å². The summed E-state index contributed by atoms with van der Waals surface area (Å²) in [6.45, 7) is 6.53. The van der Waals surface area contributed by atoms with Crippen LogP contribution in [0.3, 0.4) is 0 Å². The lowest BCUT2D eigenvalue weighted by atomic mass is 9.91. The minimum Gasteiger partial charge on any atom is -0.481 e. The summed E-state index contributed by atoms with van der Waals surface area (Å²) in [5.74, 6) is -0.0337. The summed E-state index contributed by atoms with van der Waals surface area (Å²) in [5.41, 5.74) is 3.44. The molecule has 1 aromatic carbocycles. The Balaban J connectivity index is 2.91. The molecule has 0 aromatic heterocycles. The third kappa shape index (κ3) is 4.17. The number of benzene rings is 1. The normalized spacial score (nSPS) is 12.4. The van der Waals surface area contributed by atoms with E-state index in [4.69, 9.17) is 5.11 Å². The van der Waals surface area contributed by atoms with Crippen LogP contribution in [0.5, 0.6) is 0 Å². The number of carboxylic acids is 1. The summed E-state index contributed by atoms with van der Waals surface area (Å²) in [5, 5.41) is 9.03. The van der Waals surface area contributed by atoms with E-state index in [2.05, 4.69) is 32.9 Å². The topological polar surface area (TPSA) is 37.3 Å². The molecule has 1 rings (SSSR count). The molecule has 0 bridgehead atoms. The number of carboxylic acid groups (broad SMARTS) is 1. The van der Waals surface area contributed by atoms with Crippen molar-refractivity contribution in [2.24, 2.45) is 5.92 Å². The van der Waals surface area contributed by atoms with Gasteiger partial charge in [-0.3, -0.25) is 4.79 Å². The first-order chi connectivity index (χ1) is 8.58. The lowest BCUT2D eigenvalue weighted by Gasteiger charge is -2.14. The number of rotatable bonds is 7. The average molecular weight is 248 g/mol. The van der Waals surface area contributed by atoms with E-state index in [9.17, 15) is 4.79 Å². The maximum atomic E-state index is 11.0. The minimum atomic E-state index is -0.735. The maximum absolute atomic E-state index is 11.0. The molecule has 0 spiro atoms. The third-order valence-electron chi connectivity index (χ3n) is 3.68. The van der Waals surface area contributed by atoms with Crippen molar-refractivity contribution in [2.45, 2.75) is 52.9 Å². The summed E-state index contributed by atoms with van der Waals surface area (Å²) < 4.78 is 0. The van der Waals surface area contributed by atoms with E-state index in [1.54, 1.807) is 0 Å². The quantitative estimate of drug-likeness (QED) is 0.795. The van der Waals surface area contributed by atoms with E-state index >= 15 is 0 Å². The van der Waals surface area contributed by atoms with E-state index < -0.39 is 5.97 Å². The van der Waals surface area contributed by atoms with Crippen molar-refractivity contribution in [3.8, 4) is 0 Å². The summed E-state index contributed by atoms with van der Waals surface area (Å²) in [7, 11) is 0. The van der Waals surface area contributed by atoms with Gasteiger partial charge in [0.25, 0.3) is 0 Å². The average Bonchev–Trinajstić information content (AvgIpc) is 2.36. The van der Waals surface area contributed by atoms with Crippen molar-refractivity contribution in [3.63, 3.8) is 0 Å². The van der Waals surface area contributed by atoms with Crippen LogP contribution in [-0.2, 0) is 24.1 Å². The van der Waals surface area contributed by atoms with Crippen molar-refractivity contribution in [1.82, 2.24) is 0 Å². The van der Waals surface area contributed by atoms with Crippen molar-refractivity contribution in [3.05, 3.63) is 34.9 Å². The molecule has 100 valence electrons. The molecule has 1 unspecified atom stereocenters. The molecule has 1 atom stereocenters. The van der Waals surface area contributed by atoms with Crippen LogP contribution < -0.4 is 0 Å². The van der Waals surface area contributed by atoms with E-state index in [0.717, 1.165) is 24.8 Å². The predicted molar refractivity (Wildman–Crippen MR) is 74.9 cm³/mol. The zero-order valence-corrected chi connectivity index (χ0v) is 11.7. The van der Waals surface area contributed by atoms with Gasteiger partial charge in [-0.25, -0.2) is 0 Å². The van der Waals surface area contributed by atoms with Crippen molar-refractivity contribution >= 4 is 5.97 Å². The van der Waals surface area contributed by atoms with E-state index in [1.165, 1.54) is 17.5 Å². The molecule has 2 heteroatoms. The summed E-state index contributed by atoms with van der Waals surface area (Å²) in [6, 6.07) is 6.18. The molecule has 0 radical (unpaired) electrons. The smallest absolute Gasteiger partial charge is 0.307 e. The van der Waals surface area contributed by atoms with Crippen LogP contribution in [0.15, 0.2) is 18.2 Å². The lowest BCUT2D eigenvalue weighted by molar-refractivity contribution is -0.136. The van der Waals surface area contributed by atoms with Gasteiger partial charge < -0.3 is 5.11 Å². The second-order valence-electron chi connectivity index (χ2n) is 5.03. The largest absolute Gasteiger partial charge is 0.481 e. The Morgan fingerprint density at radius 3 is 2.50 bits per heavy atom. The second kappa shape index (κ2) is 7.20. The SMILES string of the molecule is CCc1cccc(CCC(C)CC)c1CC(=O)O. The van der Waals surface area contributed by atoms with Crippen LogP contribution in [0.1, 0.15) is 50.3 Å². The monoisotopic (exact) mass is 248 g/mol. The molecule has 18 heavy (non-hydrogen) atoms. The van der Waals surface area contributed by atoms with Crippen LogP contribution in [0, 0.1) is 5.92 Å². The second-order valence-corrected chi connectivity index (χ2v) is 5.03. The van der Waals surface area contributed by atoms with E-state index in [-0.39, 0.29) is 6.42 Å². The lowest BCUT2D eigenvalue weighted by Crippen LogP contribution is -2.08. The van der Waals surface area contributed by atoms with Gasteiger partial charge in [-0.05, 0) is 41.9 Å². The Morgan fingerprint density at radius 1 is 1.28 bits per heavy atom. The van der Waals surface area contributed by atoms with Gasteiger partial charge in [0.1, 0.15) is 0 Å². The van der Waals surface area contributed by atoms with Gasteiger partial charge in [0.05, 0.1) is 6.42 Å². The molecule has 0 fully saturated rings. The first-order valence-electron chi connectivity index (χ1n) is 6.89. The fourth-order valence-corrected chi connectivity index (χ4v) is 2.24. The first-order valence-corrected chi connectivity index (χ1v) is 6.89. The fraction of sp³-hybridized carbons (Fsp3) is 0.562. The Bertz CT molecular complexity index is 396. The van der Waals surface area contributed by atoms with E-state index in [1.807, 2.05) is 6.07 Å². The summed E-state index contributed by atoms with van der Waals surface area (Å²) >= 11 is 0. The number of hydrogen-bond acceptors (Lipinski definition) is 1. The molecule has 0 saturated carbocycles. The molecule has 0 aliphatic rings. The molecule has 0 aliphatic heterocycles. The summed E-state index contributed by atoms with van der Waals surface area (Å²) in [6.07, 6.45) is 4.36. The van der Waals surface area contributed by atoms with Crippen LogP contribution in [-0.4, -0.2) is 11.1 Å². The minimum absolute atomic E-state index is 0.153. The number of hydrogen-bond donors (Lipinski definition) is 1. The Kier molecular flexibility index (Phi) is 5.90. The maximum Gasteiger partial charge on any atom is 0.307 e. The van der Waals surface area contributed by atoms with Crippen molar-refractivity contribution < 1.29 is 9.90 Å². The molecular weight excluding hydrogens is 224 g/mol. The zero-order chi connectivity index (χ0) is 13.5. The first kappa shape index (κ1) is 14.7. The van der Waals surface area contributed by atoms with Crippen LogP contribution in [0.4, 0.5) is 0 Å².